The maximum absolute atomic E-state index is 12.7. The SMILES string of the molecule is FC(F)(F)c1cc(OC2CN(Cc3ccnc4ccccc34)C2)ccn1. The molecule has 134 valence electrons. The second kappa shape index (κ2) is 6.57. The maximum Gasteiger partial charge on any atom is 0.433 e. The van der Waals surface area contributed by atoms with E-state index in [2.05, 4.69) is 14.9 Å². The molecule has 1 fully saturated rings. The average Bonchev–Trinajstić information content (AvgIpc) is 2.59. The lowest BCUT2D eigenvalue weighted by Gasteiger charge is -2.39. The van der Waals surface area contributed by atoms with Crippen molar-refractivity contribution >= 4 is 10.9 Å². The van der Waals surface area contributed by atoms with Gasteiger partial charge in [0.1, 0.15) is 17.5 Å². The van der Waals surface area contributed by atoms with Gasteiger partial charge in [-0.1, -0.05) is 18.2 Å². The van der Waals surface area contributed by atoms with Crippen LogP contribution in [-0.4, -0.2) is 34.1 Å². The van der Waals surface area contributed by atoms with Crippen molar-refractivity contribution in [1.82, 2.24) is 14.9 Å². The molecule has 2 aromatic heterocycles. The smallest absolute Gasteiger partial charge is 0.433 e. The van der Waals surface area contributed by atoms with E-state index in [4.69, 9.17) is 4.74 Å². The maximum atomic E-state index is 12.7. The minimum Gasteiger partial charge on any atom is -0.488 e. The summed E-state index contributed by atoms with van der Waals surface area (Å²) in [5.74, 6) is 0.200. The molecule has 0 saturated carbocycles. The van der Waals surface area contributed by atoms with E-state index < -0.39 is 11.9 Å². The molecule has 0 radical (unpaired) electrons. The molecule has 1 aromatic carbocycles. The third-order valence-electron chi connectivity index (χ3n) is 4.38. The summed E-state index contributed by atoms with van der Waals surface area (Å²) in [5.41, 5.74) is 1.20. The fourth-order valence-corrected chi connectivity index (χ4v) is 3.09. The lowest BCUT2D eigenvalue weighted by molar-refractivity contribution is -0.141. The van der Waals surface area contributed by atoms with Crippen LogP contribution in [0.25, 0.3) is 10.9 Å². The second-order valence-electron chi connectivity index (χ2n) is 6.30. The van der Waals surface area contributed by atoms with Crippen molar-refractivity contribution in [3.8, 4) is 5.75 Å². The van der Waals surface area contributed by atoms with Crippen LogP contribution in [0.5, 0.6) is 5.75 Å². The molecular weight excluding hydrogens is 343 g/mol. The van der Waals surface area contributed by atoms with Crippen molar-refractivity contribution in [3.63, 3.8) is 0 Å². The Labute approximate surface area is 148 Å². The normalized spacial score (nSPS) is 15.8. The van der Waals surface area contributed by atoms with Gasteiger partial charge in [0.15, 0.2) is 0 Å². The van der Waals surface area contributed by atoms with Crippen LogP contribution in [0, 0.1) is 0 Å². The summed E-state index contributed by atoms with van der Waals surface area (Å²) in [7, 11) is 0. The van der Waals surface area contributed by atoms with Gasteiger partial charge in [0.05, 0.1) is 5.52 Å². The molecule has 3 heterocycles. The molecule has 4 rings (SSSR count). The highest BCUT2D eigenvalue weighted by Gasteiger charge is 2.34. The highest BCUT2D eigenvalue weighted by molar-refractivity contribution is 5.81. The number of hydrogen-bond acceptors (Lipinski definition) is 4. The molecule has 3 aromatic rings. The summed E-state index contributed by atoms with van der Waals surface area (Å²) < 4.78 is 43.8. The summed E-state index contributed by atoms with van der Waals surface area (Å²) in [4.78, 5) is 9.88. The summed E-state index contributed by atoms with van der Waals surface area (Å²) in [5, 5.41) is 1.11. The number of rotatable bonds is 4. The lowest BCUT2D eigenvalue weighted by Crippen LogP contribution is -2.53. The van der Waals surface area contributed by atoms with Crippen molar-refractivity contribution in [1.29, 1.82) is 0 Å². The Hall–Kier alpha value is -2.67. The van der Waals surface area contributed by atoms with Crippen molar-refractivity contribution < 1.29 is 17.9 Å². The van der Waals surface area contributed by atoms with Gasteiger partial charge in [0, 0.05) is 43.5 Å². The number of benzene rings is 1. The Morgan fingerprint density at radius 1 is 1.04 bits per heavy atom. The Kier molecular flexibility index (Phi) is 4.24. The van der Waals surface area contributed by atoms with E-state index in [1.54, 1.807) is 6.20 Å². The van der Waals surface area contributed by atoms with Gasteiger partial charge in [-0.25, -0.2) is 0 Å². The van der Waals surface area contributed by atoms with Crippen LogP contribution in [0.1, 0.15) is 11.3 Å². The average molecular weight is 359 g/mol. The third kappa shape index (κ3) is 3.48. The fraction of sp³-hybridized carbons (Fsp3) is 0.263. The molecule has 0 spiro atoms. The number of aromatic nitrogens is 2. The molecule has 0 aliphatic carbocycles. The Morgan fingerprint density at radius 3 is 2.62 bits per heavy atom. The Bertz CT molecular complexity index is 918. The van der Waals surface area contributed by atoms with E-state index in [-0.39, 0.29) is 11.9 Å². The van der Waals surface area contributed by atoms with Gasteiger partial charge in [0.25, 0.3) is 0 Å². The third-order valence-corrected chi connectivity index (χ3v) is 4.38. The number of likely N-dealkylation sites (tertiary alicyclic amines) is 1. The van der Waals surface area contributed by atoms with Gasteiger partial charge in [-0.15, -0.1) is 0 Å². The van der Waals surface area contributed by atoms with Crippen LogP contribution >= 0.6 is 0 Å². The Morgan fingerprint density at radius 2 is 1.81 bits per heavy atom. The molecule has 0 amide bonds. The lowest BCUT2D eigenvalue weighted by atomic mass is 10.1. The molecule has 1 aliphatic heterocycles. The number of halogens is 3. The number of alkyl halides is 3. The zero-order chi connectivity index (χ0) is 18.1. The first-order valence-corrected chi connectivity index (χ1v) is 8.24. The van der Waals surface area contributed by atoms with Gasteiger partial charge >= 0.3 is 6.18 Å². The van der Waals surface area contributed by atoms with E-state index >= 15 is 0 Å². The van der Waals surface area contributed by atoms with Gasteiger partial charge < -0.3 is 4.74 Å². The minimum atomic E-state index is -4.46. The number of fused-ring (bicyclic) bond motifs is 1. The summed E-state index contributed by atoms with van der Waals surface area (Å²) in [6, 6.07) is 12.3. The van der Waals surface area contributed by atoms with Crippen LogP contribution in [-0.2, 0) is 12.7 Å². The molecule has 0 bridgehead atoms. The highest BCUT2D eigenvalue weighted by Crippen LogP contribution is 2.30. The predicted molar refractivity (Wildman–Crippen MR) is 90.7 cm³/mol. The molecule has 26 heavy (non-hydrogen) atoms. The molecule has 1 aliphatic rings. The number of pyridine rings is 2. The monoisotopic (exact) mass is 359 g/mol. The van der Waals surface area contributed by atoms with Gasteiger partial charge in [-0.05, 0) is 23.8 Å². The van der Waals surface area contributed by atoms with Crippen LogP contribution in [0.15, 0.2) is 54.9 Å². The number of hydrogen-bond donors (Lipinski definition) is 0. The van der Waals surface area contributed by atoms with E-state index in [1.807, 2.05) is 30.3 Å². The van der Waals surface area contributed by atoms with Crippen molar-refractivity contribution in [3.05, 3.63) is 66.1 Å². The second-order valence-corrected chi connectivity index (χ2v) is 6.30. The number of nitrogens with zero attached hydrogens (tertiary/aromatic N) is 3. The summed E-state index contributed by atoms with van der Waals surface area (Å²) >= 11 is 0. The van der Waals surface area contributed by atoms with Crippen molar-refractivity contribution in [2.45, 2.75) is 18.8 Å². The molecule has 1 saturated heterocycles. The summed E-state index contributed by atoms with van der Waals surface area (Å²) in [6.07, 6.45) is -1.67. The summed E-state index contributed by atoms with van der Waals surface area (Å²) in [6.45, 7) is 2.09. The number of para-hydroxylation sites is 1. The quantitative estimate of drug-likeness (QED) is 0.708. The van der Waals surface area contributed by atoms with Gasteiger partial charge in [-0.3, -0.25) is 14.9 Å². The largest absolute Gasteiger partial charge is 0.488 e. The van der Waals surface area contributed by atoms with E-state index in [0.717, 1.165) is 29.7 Å². The highest BCUT2D eigenvalue weighted by atomic mass is 19.4. The predicted octanol–water partition coefficient (Wildman–Crippen LogP) is 3.91. The molecule has 7 heteroatoms. The van der Waals surface area contributed by atoms with Gasteiger partial charge in [0.2, 0.25) is 0 Å². The van der Waals surface area contributed by atoms with Crippen LogP contribution < -0.4 is 4.74 Å². The van der Waals surface area contributed by atoms with Crippen molar-refractivity contribution in [2.24, 2.45) is 0 Å². The van der Waals surface area contributed by atoms with Crippen LogP contribution in [0.3, 0.4) is 0 Å². The van der Waals surface area contributed by atoms with E-state index in [0.29, 0.717) is 13.1 Å². The molecule has 4 nitrogen and oxygen atoms in total. The molecule has 0 unspecified atom stereocenters. The van der Waals surface area contributed by atoms with Gasteiger partial charge in [-0.2, -0.15) is 13.2 Å². The molecule has 0 atom stereocenters. The van der Waals surface area contributed by atoms with Crippen molar-refractivity contribution in [2.75, 3.05) is 13.1 Å². The van der Waals surface area contributed by atoms with E-state index in [1.165, 1.54) is 11.6 Å². The number of ether oxygens (including phenoxy) is 1. The van der Waals surface area contributed by atoms with Crippen LogP contribution in [0.4, 0.5) is 13.2 Å². The topological polar surface area (TPSA) is 38.2 Å². The first-order chi connectivity index (χ1) is 12.5. The molecule has 0 N–H and O–H groups in total. The minimum absolute atomic E-state index is 0.119. The standard InChI is InChI=1S/C19H16F3N3O/c20-19(21,22)18-9-14(6-8-24-18)26-15-11-25(12-15)10-13-5-7-23-17-4-2-1-3-16(13)17/h1-9,15H,10-12H2. The zero-order valence-corrected chi connectivity index (χ0v) is 13.8. The van der Waals surface area contributed by atoms with Crippen LogP contribution in [0.2, 0.25) is 0 Å². The zero-order valence-electron chi connectivity index (χ0n) is 13.8. The Balaban J connectivity index is 1.37. The van der Waals surface area contributed by atoms with E-state index in [9.17, 15) is 13.2 Å². The molecular formula is C19H16F3N3O. The first-order valence-electron chi connectivity index (χ1n) is 8.24. The fourth-order valence-electron chi connectivity index (χ4n) is 3.09. The first kappa shape index (κ1) is 16.8.